The molecule has 90 valence electrons. The van der Waals surface area contributed by atoms with E-state index in [1.807, 2.05) is 6.07 Å². The van der Waals surface area contributed by atoms with E-state index in [0.717, 1.165) is 4.47 Å². The molecular weight excluding hydrogens is 288 g/mol. The SMILES string of the molecule is C[C@@H](O)[C@H](N)c1nc(-c2ncccc2Br)no1. The summed E-state index contributed by atoms with van der Waals surface area (Å²) in [6.45, 7) is 1.56. The first kappa shape index (κ1) is 12.2. The second-order valence-electron chi connectivity index (χ2n) is 3.56. The number of halogens is 1. The van der Waals surface area contributed by atoms with Gasteiger partial charge in [0.15, 0.2) is 0 Å². The zero-order chi connectivity index (χ0) is 12.4. The van der Waals surface area contributed by atoms with E-state index < -0.39 is 12.1 Å². The number of hydrogen-bond donors (Lipinski definition) is 2. The summed E-state index contributed by atoms with van der Waals surface area (Å²) in [7, 11) is 0. The molecule has 0 aliphatic carbocycles. The number of pyridine rings is 1. The van der Waals surface area contributed by atoms with Gasteiger partial charge in [-0.25, -0.2) is 0 Å². The van der Waals surface area contributed by atoms with Crippen LogP contribution in [0.4, 0.5) is 0 Å². The summed E-state index contributed by atoms with van der Waals surface area (Å²) in [5, 5.41) is 13.1. The summed E-state index contributed by atoms with van der Waals surface area (Å²) in [6, 6.07) is 2.92. The molecule has 2 aromatic rings. The maximum atomic E-state index is 9.33. The molecule has 0 aromatic carbocycles. The highest BCUT2D eigenvalue weighted by molar-refractivity contribution is 9.10. The second-order valence-corrected chi connectivity index (χ2v) is 4.41. The van der Waals surface area contributed by atoms with E-state index in [1.54, 1.807) is 19.2 Å². The Labute approximate surface area is 106 Å². The van der Waals surface area contributed by atoms with Crippen LogP contribution in [0.5, 0.6) is 0 Å². The maximum absolute atomic E-state index is 9.33. The number of rotatable bonds is 3. The third-order valence-electron chi connectivity index (χ3n) is 2.22. The van der Waals surface area contributed by atoms with Gasteiger partial charge >= 0.3 is 0 Å². The van der Waals surface area contributed by atoms with Crippen LogP contribution in [0, 0.1) is 0 Å². The van der Waals surface area contributed by atoms with E-state index in [2.05, 4.69) is 31.1 Å². The van der Waals surface area contributed by atoms with Crippen molar-refractivity contribution in [3.05, 3.63) is 28.7 Å². The number of aromatic nitrogens is 3. The van der Waals surface area contributed by atoms with Gasteiger partial charge in [0.05, 0.1) is 6.10 Å². The Bertz CT molecular complexity index is 515. The third kappa shape index (κ3) is 2.51. The molecule has 0 aliphatic heterocycles. The van der Waals surface area contributed by atoms with Crippen LogP contribution in [0.15, 0.2) is 27.3 Å². The first-order valence-electron chi connectivity index (χ1n) is 4.97. The molecule has 2 heterocycles. The fourth-order valence-corrected chi connectivity index (χ4v) is 1.66. The van der Waals surface area contributed by atoms with Crippen LogP contribution in [0.25, 0.3) is 11.5 Å². The summed E-state index contributed by atoms with van der Waals surface area (Å²) in [5.74, 6) is 0.524. The average Bonchev–Trinajstić information content (AvgIpc) is 2.77. The molecule has 0 radical (unpaired) electrons. The summed E-state index contributed by atoms with van der Waals surface area (Å²) in [5.41, 5.74) is 6.26. The molecule has 2 atom stereocenters. The van der Waals surface area contributed by atoms with Crippen molar-refractivity contribution in [1.82, 2.24) is 15.1 Å². The van der Waals surface area contributed by atoms with Gasteiger partial charge in [0.25, 0.3) is 0 Å². The topological polar surface area (TPSA) is 98.1 Å². The summed E-state index contributed by atoms with van der Waals surface area (Å²) >= 11 is 3.34. The number of nitrogens with zero attached hydrogens (tertiary/aromatic N) is 3. The lowest BCUT2D eigenvalue weighted by Gasteiger charge is -2.08. The monoisotopic (exact) mass is 298 g/mol. The van der Waals surface area contributed by atoms with E-state index in [9.17, 15) is 5.11 Å². The van der Waals surface area contributed by atoms with Crippen molar-refractivity contribution in [2.75, 3.05) is 0 Å². The molecule has 17 heavy (non-hydrogen) atoms. The average molecular weight is 299 g/mol. The number of nitrogens with two attached hydrogens (primary N) is 1. The lowest BCUT2D eigenvalue weighted by molar-refractivity contribution is 0.146. The molecule has 0 spiro atoms. The molecule has 0 saturated carbocycles. The van der Waals surface area contributed by atoms with Crippen LogP contribution < -0.4 is 5.73 Å². The van der Waals surface area contributed by atoms with Crippen molar-refractivity contribution < 1.29 is 9.63 Å². The van der Waals surface area contributed by atoms with E-state index in [-0.39, 0.29) is 5.89 Å². The molecule has 0 bridgehead atoms. The first-order chi connectivity index (χ1) is 8.09. The molecule has 2 rings (SSSR count). The number of aliphatic hydroxyl groups is 1. The van der Waals surface area contributed by atoms with E-state index in [0.29, 0.717) is 11.5 Å². The van der Waals surface area contributed by atoms with Gasteiger partial charge < -0.3 is 15.4 Å². The fourth-order valence-electron chi connectivity index (χ4n) is 1.22. The Hall–Kier alpha value is -1.31. The summed E-state index contributed by atoms with van der Waals surface area (Å²) in [4.78, 5) is 8.24. The van der Waals surface area contributed by atoms with Crippen molar-refractivity contribution in [3.8, 4) is 11.5 Å². The van der Waals surface area contributed by atoms with Crippen LogP contribution in [-0.4, -0.2) is 26.3 Å². The third-order valence-corrected chi connectivity index (χ3v) is 2.86. The van der Waals surface area contributed by atoms with Gasteiger partial charge in [0.2, 0.25) is 11.7 Å². The Morgan fingerprint density at radius 2 is 2.29 bits per heavy atom. The molecule has 0 fully saturated rings. The summed E-state index contributed by atoms with van der Waals surface area (Å²) in [6.07, 6.45) is 0.875. The minimum atomic E-state index is -0.754. The Morgan fingerprint density at radius 3 is 2.94 bits per heavy atom. The second kappa shape index (κ2) is 4.91. The Balaban J connectivity index is 2.34. The normalized spacial score (nSPS) is 14.6. The van der Waals surface area contributed by atoms with Crippen LogP contribution in [0.2, 0.25) is 0 Å². The van der Waals surface area contributed by atoms with Crippen molar-refractivity contribution >= 4 is 15.9 Å². The van der Waals surface area contributed by atoms with Gasteiger partial charge in [-0.15, -0.1) is 0 Å². The predicted octanol–water partition coefficient (Wildman–Crippen LogP) is 1.27. The molecule has 0 saturated heterocycles. The van der Waals surface area contributed by atoms with Gasteiger partial charge in [-0.3, -0.25) is 4.98 Å². The number of aliphatic hydroxyl groups excluding tert-OH is 1. The predicted molar refractivity (Wildman–Crippen MR) is 63.8 cm³/mol. The van der Waals surface area contributed by atoms with Crippen LogP contribution in [0.3, 0.4) is 0 Å². The lowest BCUT2D eigenvalue weighted by Crippen LogP contribution is -2.23. The molecule has 7 heteroatoms. The molecule has 3 N–H and O–H groups in total. The van der Waals surface area contributed by atoms with Crippen LogP contribution >= 0.6 is 15.9 Å². The zero-order valence-electron chi connectivity index (χ0n) is 9.04. The molecule has 0 amide bonds. The van der Waals surface area contributed by atoms with E-state index >= 15 is 0 Å². The molecule has 0 unspecified atom stereocenters. The highest BCUT2D eigenvalue weighted by atomic mass is 79.9. The fraction of sp³-hybridized carbons (Fsp3) is 0.300. The van der Waals surface area contributed by atoms with Crippen molar-refractivity contribution in [2.45, 2.75) is 19.1 Å². The van der Waals surface area contributed by atoms with Gasteiger partial charge in [-0.1, -0.05) is 5.16 Å². The van der Waals surface area contributed by atoms with Crippen LogP contribution in [-0.2, 0) is 0 Å². The van der Waals surface area contributed by atoms with Crippen molar-refractivity contribution in [2.24, 2.45) is 5.73 Å². The molecule has 0 aliphatic rings. The highest BCUT2D eigenvalue weighted by Gasteiger charge is 2.21. The van der Waals surface area contributed by atoms with Crippen LogP contribution in [0.1, 0.15) is 18.9 Å². The Kier molecular flexibility index (Phi) is 3.51. The van der Waals surface area contributed by atoms with Gasteiger partial charge in [0, 0.05) is 10.7 Å². The zero-order valence-corrected chi connectivity index (χ0v) is 10.6. The number of hydrogen-bond acceptors (Lipinski definition) is 6. The van der Waals surface area contributed by atoms with Gasteiger partial charge in [-0.05, 0) is 35.0 Å². The molecular formula is C10H11BrN4O2. The lowest BCUT2D eigenvalue weighted by atomic mass is 10.2. The van der Waals surface area contributed by atoms with Crippen molar-refractivity contribution in [1.29, 1.82) is 0 Å². The largest absolute Gasteiger partial charge is 0.391 e. The standard InChI is InChI=1S/C10H11BrN4O2/c1-5(16)7(12)10-14-9(15-17-10)8-6(11)3-2-4-13-8/h2-5,7,16H,12H2,1H3/t5-,7+/m1/s1. The minimum absolute atomic E-state index is 0.188. The van der Waals surface area contributed by atoms with E-state index in [4.69, 9.17) is 10.3 Å². The molecule has 6 nitrogen and oxygen atoms in total. The Morgan fingerprint density at radius 1 is 1.53 bits per heavy atom. The summed E-state index contributed by atoms with van der Waals surface area (Å²) < 4.78 is 5.75. The van der Waals surface area contributed by atoms with Gasteiger partial charge in [-0.2, -0.15) is 4.98 Å². The maximum Gasteiger partial charge on any atom is 0.246 e. The smallest absolute Gasteiger partial charge is 0.246 e. The minimum Gasteiger partial charge on any atom is -0.391 e. The van der Waals surface area contributed by atoms with E-state index in [1.165, 1.54) is 0 Å². The van der Waals surface area contributed by atoms with Crippen molar-refractivity contribution in [3.63, 3.8) is 0 Å². The first-order valence-corrected chi connectivity index (χ1v) is 5.77. The molecule has 2 aromatic heterocycles. The highest BCUT2D eigenvalue weighted by Crippen LogP contribution is 2.24. The quantitative estimate of drug-likeness (QED) is 0.885. The van der Waals surface area contributed by atoms with Gasteiger partial charge in [0.1, 0.15) is 11.7 Å².